The Bertz CT molecular complexity index is 1000. The largest absolute Gasteiger partial charge is 0.345 e. The number of hydrogen-bond acceptors (Lipinski definition) is 3. The van der Waals surface area contributed by atoms with Crippen molar-refractivity contribution >= 4 is 40.2 Å². The van der Waals surface area contributed by atoms with Crippen LogP contribution in [-0.2, 0) is 18.4 Å². The molecule has 0 saturated carbocycles. The van der Waals surface area contributed by atoms with Gasteiger partial charge in [0, 0.05) is 0 Å². The van der Waals surface area contributed by atoms with Crippen LogP contribution in [0.1, 0.15) is 23.6 Å². The Kier molecular flexibility index (Phi) is 5.60. The Hall–Kier alpha value is -2.76. The maximum Gasteiger partial charge on any atom is 0.194 e. The molecule has 1 unspecified atom stereocenters. The van der Waals surface area contributed by atoms with Crippen LogP contribution in [0.25, 0.3) is 0 Å². The van der Waals surface area contributed by atoms with E-state index in [-0.39, 0.29) is 0 Å². The molecule has 1 fully saturated rings. The SMILES string of the molecule is CC1(c2ccc(CCc3ccccc3)cc2)NC(=S)N(Nc2ccccc2)C1=S. The van der Waals surface area contributed by atoms with Gasteiger partial charge in [0.2, 0.25) is 0 Å². The van der Waals surface area contributed by atoms with Crippen molar-refractivity contribution < 1.29 is 0 Å². The van der Waals surface area contributed by atoms with Gasteiger partial charge < -0.3 is 5.32 Å². The Morgan fingerprint density at radius 2 is 1.34 bits per heavy atom. The van der Waals surface area contributed by atoms with Crippen LogP contribution in [0.3, 0.4) is 0 Å². The number of aryl methyl sites for hydroxylation is 2. The normalized spacial score (nSPS) is 18.6. The Morgan fingerprint density at radius 1 is 0.793 bits per heavy atom. The van der Waals surface area contributed by atoms with Crippen LogP contribution in [0.2, 0.25) is 0 Å². The molecule has 3 aromatic carbocycles. The fourth-order valence-electron chi connectivity index (χ4n) is 3.52. The Balaban J connectivity index is 1.47. The summed E-state index contributed by atoms with van der Waals surface area (Å²) < 4.78 is 0. The highest BCUT2D eigenvalue weighted by Gasteiger charge is 2.44. The van der Waals surface area contributed by atoms with E-state index in [2.05, 4.69) is 72.3 Å². The molecule has 0 spiro atoms. The lowest BCUT2D eigenvalue weighted by Crippen LogP contribution is -2.40. The third-order valence-electron chi connectivity index (χ3n) is 5.28. The van der Waals surface area contributed by atoms with Crippen LogP contribution in [-0.4, -0.2) is 15.1 Å². The molecule has 1 saturated heterocycles. The molecule has 1 heterocycles. The number of hydrazine groups is 1. The number of thiocarbonyl (C=S) groups is 2. The van der Waals surface area contributed by atoms with Crippen LogP contribution in [0.4, 0.5) is 5.69 Å². The van der Waals surface area contributed by atoms with E-state index in [1.807, 2.05) is 30.3 Å². The Labute approximate surface area is 182 Å². The minimum Gasteiger partial charge on any atom is -0.345 e. The number of para-hydroxylation sites is 1. The van der Waals surface area contributed by atoms with Gasteiger partial charge in [0.1, 0.15) is 10.5 Å². The predicted molar refractivity (Wildman–Crippen MR) is 128 cm³/mol. The van der Waals surface area contributed by atoms with Gasteiger partial charge in [-0.2, -0.15) is 0 Å². The molecular weight excluding hydrogens is 394 g/mol. The predicted octanol–water partition coefficient (Wildman–Crippen LogP) is 5.23. The van der Waals surface area contributed by atoms with Gasteiger partial charge >= 0.3 is 0 Å². The lowest BCUT2D eigenvalue weighted by atomic mass is 9.91. The molecule has 3 aromatic rings. The first-order chi connectivity index (χ1) is 14.1. The minimum atomic E-state index is -0.522. The molecule has 1 aliphatic rings. The van der Waals surface area contributed by atoms with Crippen molar-refractivity contribution in [2.24, 2.45) is 0 Å². The van der Waals surface area contributed by atoms with Crippen LogP contribution < -0.4 is 10.7 Å². The molecule has 0 aromatic heterocycles. The zero-order chi connectivity index (χ0) is 20.3. The molecular formula is C24H23N3S2. The molecule has 1 atom stereocenters. The third kappa shape index (κ3) is 4.16. The van der Waals surface area contributed by atoms with Crippen LogP contribution >= 0.6 is 24.4 Å². The summed E-state index contributed by atoms with van der Waals surface area (Å²) in [5.74, 6) is 0. The van der Waals surface area contributed by atoms with Crippen molar-refractivity contribution in [2.45, 2.75) is 25.3 Å². The van der Waals surface area contributed by atoms with Crippen molar-refractivity contribution in [3.8, 4) is 0 Å². The topological polar surface area (TPSA) is 27.3 Å². The molecule has 0 aliphatic carbocycles. The summed E-state index contributed by atoms with van der Waals surface area (Å²) in [4.78, 5) is 0.711. The number of rotatable bonds is 6. The molecule has 3 nitrogen and oxygen atoms in total. The second-order valence-electron chi connectivity index (χ2n) is 7.36. The van der Waals surface area contributed by atoms with Crippen LogP contribution in [0.15, 0.2) is 84.9 Å². The van der Waals surface area contributed by atoms with E-state index in [1.165, 1.54) is 11.1 Å². The summed E-state index contributed by atoms with van der Waals surface area (Å²) in [6.45, 7) is 2.08. The van der Waals surface area contributed by atoms with Gasteiger partial charge in [0.25, 0.3) is 0 Å². The smallest absolute Gasteiger partial charge is 0.194 e. The zero-order valence-corrected chi connectivity index (χ0v) is 17.9. The molecule has 0 amide bonds. The first-order valence-corrected chi connectivity index (χ1v) is 10.5. The molecule has 4 rings (SSSR count). The third-order valence-corrected chi connectivity index (χ3v) is 6.16. The van der Waals surface area contributed by atoms with E-state index in [9.17, 15) is 0 Å². The summed E-state index contributed by atoms with van der Waals surface area (Å²) in [6, 6.07) is 29.1. The average Bonchev–Trinajstić information content (AvgIpc) is 2.98. The van der Waals surface area contributed by atoms with Gasteiger partial charge in [0.15, 0.2) is 5.11 Å². The van der Waals surface area contributed by atoms with Crippen molar-refractivity contribution in [1.82, 2.24) is 10.3 Å². The van der Waals surface area contributed by atoms with E-state index < -0.39 is 5.54 Å². The summed E-state index contributed by atoms with van der Waals surface area (Å²) >= 11 is 11.3. The quantitative estimate of drug-likeness (QED) is 0.536. The van der Waals surface area contributed by atoms with E-state index >= 15 is 0 Å². The maximum atomic E-state index is 5.79. The number of anilines is 1. The van der Waals surface area contributed by atoms with Gasteiger partial charge in [-0.1, -0.05) is 85.0 Å². The van der Waals surface area contributed by atoms with Gasteiger partial charge in [-0.05, 0) is 60.8 Å². The van der Waals surface area contributed by atoms with E-state index in [4.69, 9.17) is 24.4 Å². The maximum absolute atomic E-state index is 5.79. The lowest BCUT2D eigenvalue weighted by molar-refractivity contribution is 0.618. The van der Waals surface area contributed by atoms with Crippen molar-refractivity contribution in [3.05, 3.63) is 102 Å². The van der Waals surface area contributed by atoms with Gasteiger partial charge in [0.05, 0.1) is 5.69 Å². The van der Waals surface area contributed by atoms with Gasteiger partial charge in [-0.3, -0.25) is 5.43 Å². The van der Waals surface area contributed by atoms with Crippen molar-refractivity contribution in [3.63, 3.8) is 0 Å². The molecule has 0 bridgehead atoms. The highest BCUT2D eigenvalue weighted by atomic mass is 32.1. The first kappa shape index (κ1) is 19.6. The minimum absolute atomic E-state index is 0.522. The number of benzene rings is 3. The second-order valence-corrected chi connectivity index (χ2v) is 8.13. The van der Waals surface area contributed by atoms with Crippen molar-refractivity contribution in [1.29, 1.82) is 0 Å². The number of nitrogens with one attached hydrogen (secondary N) is 2. The van der Waals surface area contributed by atoms with Crippen LogP contribution in [0, 0.1) is 0 Å². The molecule has 146 valence electrons. The first-order valence-electron chi connectivity index (χ1n) is 9.68. The summed E-state index contributed by atoms with van der Waals surface area (Å²) in [5, 5.41) is 5.76. The molecule has 2 N–H and O–H groups in total. The van der Waals surface area contributed by atoms with Gasteiger partial charge in [-0.25, -0.2) is 5.01 Å². The highest BCUT2D eigenvalue weighted by molar-refractivity contribution is 7.82. The van der Waals surface area contributed by atoms with Crippen LogP contribution in [0.5, 0.6) is 0 Å². The summed E-state index contributed by atoms with van der Waals surface area (Å²) in [5.41, 5.74) is 7.50. The van der Waals surface area contributed by atoms with E-state index in [0.717, 1.165) is 24.1 Å². The lowest BCUT2D eigenvalue weighted by Gasteiger charge is -2.26. The fraction of sp³-hybridized carbons (Fsp3) is 0.167. The van der Waals surface area contributed by atoms with Crippen molar-refractivity contribution in [2.75, 3.05) is 5.43 Å². The molecule has 0 radical (unpaired) electrons. The molecule has 29 heavy (non-hydrogen) atoms. The molecule has 5 heteroatoms. The molecule has 1 aliphatic heterocycles. The monoisotopic (exact) mass is 417 g/mol. The van der Waals surface area contributed by atoms with Gasteiger partial charge in [-0.15, -0.1) is 0 Å². The zero-order valence-electron chi connectivity index (χ0n) is 16.3. The Morgan fingerprint density at radius 3 is 1.97 bits per heavy atom. The highest BCUT2D eigenvalue weighted by Crippen LogP contribution is 2.30. The second kappa shape index (κ2) is 8.31. The average molecular weight is 418 g/mol. The standard InChI is InChI=1S/C24H23N3S2/c1-24(22(28)27(23(29)25-24)26-21-10-6-3-7-11-21)20-16-14-19(15-17-20)13-12-18-8-4-2-5-9-18/h2-11,14-17,26H,12-13H2,1H3,(H,25,29). The summed E-state index contributed by atoms with van der Waals surface area (Å²) in [7, 11) is 0. The number of hydrogen-bond donors (Lipinski definition) is 2. The van der Waals surface area contributed by atoms with E-state index in [0.29, 0.717) is 10.1 Å². The number of nitrogens with zero attached hydrogens (tertiary/aromatic N) is 1. The summed E-state index contributed by atoms with van der Waals surface area (Å²) in [6.07, 6.45) is 2.05. The van der Waals surface area contributed by atoms with E-state index in [1.54, 1.807) is 5.01 Å². The fourth-order valence-corrected chi connectivity index (χ4v) is 4.22.